The van der Waals surface area contributed by atoms with Gasteiger partial charge in [-0.2, -0.15) is 4.98 Å². The van der Waals surface area contributed by atoms with Gasteiger partial charge in [0.1, 0.15) is 0 Å². The number of hydrogen-bond acceptors (Lipinski definition) is 5. The van der Waals surface area contributed by atoms with Crippen molar-refractivity contribution >= 4 is 5.95 Å². The molecule has 0 unspecified atom stereocenters. The Morgan fingerprint density at radius 3 is 3.00 bits per heavy atom. The average Bonchev–Trinajstić information content (AvgIpc) is 2.28. The number of piperazine rings is 1. The maximum Gasteiger partial charge on any atom is 0.228 e. The van der Waals surface area contributed by atoms with Crippen molar-refractivity contribution in [2.45, 2.75) is 19.4 Å². The molecule has 0 saturated carbocycles. The van der Waals surface area contributed by atoms with Crippen LogP contribution in [0.15, 0.2) is 12.3 Å². The number of nitrogens with zero attached hydrogens (tertiary/aromatic N) is 3. The Balaban J connectivity index is 2.16. The molecule has 0 amide bonds. The van der Waals surface area contributed by atoms with Crippen LogP contribution in [0.3, 0.4) is 0 Å². The maximum atomic E-state index is 5.10. The lowest BCUT2D eigenvalue weighted by Gasteiger charge is -2.39. The molecule has 0 aliphatic carbocycles. The third-order valence-electron chi connectivity index (χ3n) is 2.68. The molecule has 0 radical (unpaired) electrons. The summed E-state index contributed by atoms with van der Waals surface area (Å²) in [6.45, 7) is 7.14. The summed E-state index contributed by atoms with van der Waals surface area (Å²) in [5, 5.41) is 3.46. The van der Waals surface area contributed by atoms with Gasteiger partial charge in [0.2, 0.25) is 11.8 Å². The topological polar surface area (TPSA) is 50.3 Å². The van der Waals surface area contributed by atoms with Gasteiger partial charge in [-0.25, -0.2) is 4.98 Å². The first-order chi connectivity index (χ1) is 7.61. The number of rotatable bonds is 2. The number of aromatic nitrogens is 2. The van der Waals surface area contributed by atoms with E-state index in [0.29, 0.717) is 5.88 Å². The second kappa shape index (κ2) is 4.25. The smallest absolute Gasteiger partial charge is 0.228 e. The van der Waals surface area contributed by atoms with Crippen molar-refractivity contribution in [3.63, 3.8) is 0 Å². The van der Waals surface area contributed by atoms with Crippen molar-refractivity contribution in [1.82, 2.24) is 15.3 Å². The molecule has 0 atom stereocenters. The predicted octanol–water partition coefficient (Wildman–Crippen LogP) is 0.673. The SMILES string of the molecule is COc1ccnc(N2CCNC(C)(C)C2)n1. The van der Waals surface area contributed by atoms with E-state index in [1.165, 1.54) is 0 Å². The van der Waals surface area contributed by atoms with Crippen molar-refractivity contribution in [1.29, 1.82) is 0 Å². The van der Waals surface area contributed by atoms with Gasteiger partial charge in [-0.1, -0.05) is 0 Å². The molecule has 5 heteroatoms. The van der Waals surface area contributed by atoms with Crippen LogP contribution in [0.1, 0.15) is 13.8 Å². The minimum Gasteiger partial charge on any atom is -0.481 e. The monoisotopic (exact) mass is 222 g/mol. The molecule has 88 valence electrons. The summed E-state index contributed by atoms with van der Waals surface area (Å²) in [7, 11) is 1.62. The van der Waals surface area contributed by atoms with E-state index in [-0.39, 0.29) is 5.54 Å². The molecule has 0 spiro atoms. The highest BCUT2D eigenvalue weighted by atomic mass is 16.5. The molecule has 1 N–H and O–H groups in total. The van der Waals surface area contributed by atoms with Crippen LogP contribution in [0, 0.1) is 0 Å². The van der Waals surface area contributed by atoms with Crippen LogP contribution in [-0.2, 0) is 0 Å². The molecule has 2 heterocycles. The first kappa shape index (κ1) is 11.1. The standard InChI is InChI=1S/C11H18N4O/c1-11(2)8-15(7-6-13-11)10-12-5-4-9(14-10)16-3/h4-5,13H,6-8H2,1-3H3. The van der Waals surface area contributed by atoms with E-state index >= 15 is 0 Å². The third kappa shape index (κ3) is 2.41. The highest BCUT2D eigenvalue weighted by Crippen LogP contribution is 2.17. The molecule has 2 rings (SSSR count). The number of nitrogens with one attached hydrogen (secondary N) is 1. The molecular weight excluding hydrogens is 204 g/mol. The first-order valence-corrected chi connectivity index (χ1v) is 5.48. The summed E-state index contributed by atoms with van der Waals surface area (Å²) in [6.07, 6.45) is 1.73. The Labute approximate surface area is 95.8 Å². The van der Waals surface area contributed by atoms with Gasteiger partial charge in [-0.05, 0) is 13.8 Å². The summed E-state index contributed by atoms with van der Waals surface area (Å²) < 4.78 is 5.10. The molecule has 1 aromatic rings. The molecule has 5 nitrogen and oxygen atoms in total. The fourth-order valence-corrected chi connectivity index (χ4v) is 1.91. The van der Waals surface area contributed by atoms with E-state index in [1.807, 2.05) is 0 Å². The van der Waals surface area contributed by atoms with E-state index < -0.39 is 0 Å². The Bertz CT molecular complexity index is 367. The van der Waals surface area contributed by atoms with Gasteiger partial charge >= 0.3 is 0 Å². The number of methoxy groups -OCH3 is 1. The third-order valence-corrected chi connectivity index (χ3v) is 2.68. The van der Waals surface area contributed by atoms with E-state index in [2.05, 4.69) is 34.0 Å². The summed E-state index contributed by atoms with van der Waals surface area (Å²) >= 11 is 0. The van der Waals surface area contributed by atoms with Gasteiger partial charge < -0.3 is 15.0 Å². The molecule has 1 aliphatic rings. The number of anilines is 1. The van der Waals surface area contributed by atoms with Gasteiger partial charge in [0.05, 0.1) is 7.11 Å². The van der Waals surface area contributed by atoms with Crippen LogP contribution in [0.5, 0.6) is 5.88 Å². The zero-order valence-electron chi connectivity index (χ0n) is 10.0. The van der Waals surface area contributed by atoms with Gasteiger partial charge in [0, 0.05) is 37.4 Å². The average molecular weight is 222 g/mol. The fourth-order valence-electron chi connectivity index (χ4n) is 1.91. The molecule has 1 saturated heterocycles. The Morgan fingerprint density at radius 1 is 1.50 bits per heavy atom. The largest absolute Gasteiger partial charge is 0.481 e. The first-order valence-electron chi connectivity index (χ1n) is 5.48. The van der Waals surface area contributed by atoms with Crippen LogP contribution >= 0.6 is 0 Å². The van der Waals surface area contributed by atoms with Gasteiger partial charge in [0.25, 0.3) is 0 Å². The van der Waals surface area contributed by atoms with Crippen molar-refractivity contribution in [3.05, 3.63) is 12.3 Å². The number of ether oxygens (including phenoxy) is 1. The van der Waals surface area contributed by atoms with E-state index in [4.69, 9.17) is 4.74 Å². The van der Waals surface area contributed by atoms with Crippen molar-refractivity contribution in [3.8, 4) is 5.88 Å². The van der Waals surface area contributed by atoms with Crippen LogP contribution < -0.4 is 15.0 Å². The van der Waals surface area contributed by atoms with Crippen LogP contribution in [0.25, 0.3) is 0 Å². The molecule has 1 aliphatic heterocycles. The predicted molar refractivity (Wildman–Crippen MR) is 62.9 cm³/mol. The summed E-state index contributed by atoms with van der Waals surface area (Å²) in [4.78, 5) is 10.8. The molecule has 1 aromatic heterocycles. The Kier molecular flexibility index (Phi) is 2.96. The molecule has 0 aromatic carbocycles. The van der Waals surface area contributed by atoms with Crippen molar-refractivity contribution < 1.29 is 4.74 Å². The highest BCUT2D eigenvalue weighted by molar-refractivity contribution is 5.33. The lowest BCUT2D eigenvalue weighted by atomic mass is 10.0. The molecule has 0 bridgehead atoms. The molecule has 16 heavy (non-hydrogen) atoms. The van der Waals surface area contributed by atoms with Crippen molar-refractivity contribution in [2.24, 2.45) is 0 Å². The molecule has 1 fully saturated rings. The van der Waals surface area contributed by atoms with Crippen molar-refractivity contribution in [2.75, 3.05) is 31.6 Å². The van der Waals surface area contributed by atoms with Crippen LogP contribution in [0.4, 0.5) is 5.95 Å². The lowest BCUT2D eigenvalue weighted by molar-refractivity contribution is 0.348. The maximum absolute atomic E-state index is 5.10. The molecular formula is C11H18N4O. The highest BCUT2D eigenvalue weighted by Gasteiger charge is 2.27. The van der Waals surface area contributed by atoms with Gasteiger partial charge in [-0.3, -0.25) is 0 Å². The quantitative estimate of drug-likeness (QED) is 0.797. The minimum absolute atomic E-state index is 0.102. The normalized spacial score (nSPS) is 19.6. The fraction of sp³-hybridized carbons (Fsp3) is 0.636. The second-order valence-electron chi connectivity index (χ2n) is 4.63. The lowest BCUT2D eigenvalue weighted by Crippen LogP contribution is -2.57. The Morgan fingerprint density at radius 2 is 2.31 bits per heavy atom. The van der Waals surface area contributed by atoms with E-state index in [1.54, 1.807) is 19.4 Å². The Hall–Kier alpha value is -1.36. The zero-order chi connectivity index (χ0) is 11.6. The summed E-state index contributed by atoms with van der Waals surface area (Å²) in [6, 6.07) is 1.76. The summed E-state index contributed by atoms with van der Waals surface area (Å²) in [5.74, 6) is 1.36. The van der Waals surface area contributed by atoms with Crippen LogP contribution in [0.2, 0.25) is 0 Å². The van der Waals surface area contributed by atoms with Gasteiger partial charge in [-0.15, -0.1) is 0 Å². The second-order valence-corrected chi connectivity index (χ2v) is 4.63. The number of hydrogen-bond donors (Lipinski definition) is 1. The minimum atomic E-state index is 0.102. The zero-order valence-corrected chi connectivity index (χ0v) is 10.0. The van der Waals surface area contributed by atoms with Crippen LogP contribution in [-0.4, -0.2) is 42.3 Å². The summed E-state index contributed by atoms with van der Waals surface area (Å²) in [5.41, 5.74) is 0.102. The van der Waals surface area contributed by atoms with Gasteiger partial charge in [0.15, 0.2) is 0 Å². The van der Waals surface area contributed by atoms with E-state index in [0.717, 1.165) is 25.6 Å². The van der Waals surface area contributed by atoms with E-state index in [9.17, 15) is 0 Å².